The second-order valence-electron chi connectivity index (χ2n) is 3.27. The van der Waals surface area contributed by atoms with Crippen LogP contribution in [0.3, 0.4) is 0 Å². The largest absolute Gasteiger partial charge is 0.399 e. The molecule has 0 fully saturated rings. The number of hydrogen-bond acceptors (Lipinski definition) is 4. The Kier molecular flexibility index (Phi) is 6.22. The van der Waals surface area contributed by atoms with Crippen LogP contribution in [0.5, 0.6) is 0 Å². The molecule has 5 heteroatoms. The highest BCUT2D eigenvalue weighted by Crippen LogP contribution is 2.24. The average molecular weight is 289 g/mol. The third-order valence-electron chi connectivity index (χ3n) is 1.99. The normalized spacial score (nSPS) is 10.4. The predicted octanol–water partition coefficient (Wildman–Crippen LogP) is 2.11. The molecule has 0 aliphatic carbocycles. The smallest absolute Gasteiger partial charge is 0.0701 e. The number of benzene rings is 1. The fourth-order valence-electron chi connectivity index (χ4n) is 1.18. The van der Waals surface area contributed by atoms with E-state index in [1.807, 2.05) is 18.2 Å². The third kappa shape index (κ3) is 4.83. The van der Waals surface area contributed by atoms with Gasteiger partial charge in [-0.05, 0) is 34.1 Å². The number of anilines is 2. The van der Waals surface area contributed by atoms with E-state index in [1.54, 1.807) is 7.11 Å². The molecule has 0 aliphatic rings. The van der Waals surface area contributed by atoms with Gasteiger partial charge in [0, 0.05) is 29.5 Å². The predicted molar refractivity (Wildman–Crippen MR) is 69.7 cm³/mol. The second-order valence-corrected chi connectivity index (χ2v) is 4.13. The fraction of sp³-hybridized carbons (Fsp3) is 0.455. The number of nitrogen functional groups attached to an aromatic ring is 1. The van der Waals surface area contributed by atoms with Gasteiger partial charge in [-0.25, -0.2) is 0 Å². The monoisotopic (exact) mass is 288 g/mol. The van der Waals surface area contributed by atoms with Gasteiger partial charge in [-0.2, -0.15) is 0 Å². The topological polar surface area (TPSA) is 56.5 Å². The van der Waals surface area contributed by atoms with E-state index < -0.39 is 0 Å². The molecule has 0 saturated carbocycles. The molecule has 0 bridgehead atoms. The molecule has 1 aromatic carbocycles. The van der Waals surface area contributed by atoms with Crippen molar-refractivity contribution in [2.24, 2.45) is 0 Å². The SMILES string of the molecule is COCCOCCNc1ccc(N)cc1Br. The highest BCUT2D eigenvalue weighted by Gasteiger charge is 1.98. The van der Waals surface area contributed by atoms with Crippen LogP contribution in [-0.2, 0) is 9.47 Å². The van der Waals surface area contributed by atoms with Crippen LogP contribution in [-0.4, -0.2) is 33.5 Å². The summed E-state index contributed by atoms with van der Waals surface area (Å²) in [5.74, 6) is 0. The van der Waals surface area contributed by atoms with Crippen molar-refractivity contribution < 1.29 is 9.47 Å². The number of nitrogens with one attached hydrogen (secondary N) is 1. The number of rotatable bonds is 7. The Balaban J connectivity index is 2.21. The van der Waals surface area contributed by atoms with Gasteiger partial charge < -0.3 is 20.5 Å². The second kappa shape index (κ2) is 7.49. The molecule has 90 valence electrons. The van der Waals surface area contributed by atoms with Crippen LogP contribution < -0.4 is 11.1 Å². The lowest BCUT2D eigenvalue weighted by Gasteiger charge is -2.09. The third-order valence-corrected chi connectivity index (χ3v) is 2.64. The van der Waals surface area contributed by atoms with Crippen molar-refractivity contribution in [3.05, 3.63) is 22.7 Å². The Bertz CT molecular complexity index is 321. The summed E-state index contributed by atoms with van der Waals surface area (Å²) in [6.07, 6.45) is 0. The van der Waals surface area contributed by atoms with Crippen LogP contribution in [0.25, 0.3) is 0 Å². The van der Waals surface area contributed by atoms with Crippen molar-refractivity contribution >= 4 is 27.3 Å². The molecule has 0 amide bonds. The molecule has 0 spiro atoms. The first-order chi connectivity index (χ1) is 7.74. The van der Waals surface area contributed by atoms with Gasteiger partial charge in [0.2, 0.25) is 0 Å². The van der Waals surface area contributed by atoms with E-state index in [0.29, 0.717) is 19.8 Å². The Labute approximate surface area is 104 Å². The first kappa shape index (κ1) is 13.3. The molecule has 3 N–H and O–H groups in total. The van der Waals surface area contributed by atoms with Crippen LogP contribution in [0.2, 0.25) is 0 Å². The van der Waals surface area contributed by atoms with Crippen LogP contribution in [0.4, 0.5) is 11.4 Å². The van der Waals surface area contributed by atoms with E-state index in [1.165, 1.54) is 0 Å². The first-order valence-electron chi connectivity index (χ1n) is 5.09. The van der Waals surface area contributed by atoms with Crippen LogP contribution in [0, 0.1) is 0 Å². The van der Waals surface area contributed by atoms with Crippen molar-refractivity contribution in [1.82, 2.24) is 0 Å². The lowest BCUT2D eigenvalue weighted by atomic mass is 10.3. The van der Waals surface area contributed by atoms with Crippen molar-refractivity contribution in [1.29, 1.82) is 0 Å². The maximum Gasteiger partial charge on any atom is 0.0701 e. The molecule has 16 heavy (non-hydrogen) atoms. The Morgan fingerprint density at radius 2 is 2.12 bits per heavy atom. The minimum atomic E-state index is 0.626. The fourth-order valence-corrected chi connectivity index (χ4v) is 1.71. The zero-order valence-corrected chi connectivity index (χ0v) is 10.9. The van der Waals surface area contributed by atoms with E-state index in [2.05, 4.69) is 21.2 Å². The summed E-state index contributed by atoms with van der Waals surface area (Å²) in [6, 6.07) is 5.67. The molecule has 0 saturated heterocycles. The van der Waals surface area contributed by atoms with Crippen LogP contribution in [0.1, 0.15) is 0 Å². The lowest BCUT2D eigenvalue weighted by molar-refractivity contribution is 0.0759. The number of nitrogens with two attached hydrogens (primary N) is 1. The molecular weight excluding hydrogens is 272 g/mol. The zero-order valence-electron chi connectivity index (χ0n) is 9.33. The maximum atomic E-state index is 5.64. The number of methoxy groups -OCH3 is 1. The van der Waals surface area contributed by atoms with Crippen LogP contribution >= 0.6 is 15.9 Å². The highest BCUT2D eigenvalue weighted by atomic mass is 79.9. The molecule has 0 aromatic heterocycles. The molecule has 0 unspecified atom stereocenters. The summed E-state index contributed by atoms with van der Waals surface area (Å²) in [5, 5.41) is 3.25. The van der Waals surface area contributed by atoms with Gasteiger partial charge in [0.1, 0.15) is 0 Å². The van der Waals surface area contributed by atoms with Gasteiger partial charge in [0.25, 0.3) is 0 Å². The van der Waals surface area contributed by atoms with Gasteiger partial charge >= 0.3 is 0 Å². The van der Waals surface area contributed by atoms with Gasteiger partial charge in [0.15, 0.2) is 0 Å². The number of hydrogen-bond donors (Lipinski definition) is 2. The van der Waals surface area contributed by atoms with Crippen molar-refractivity contribution in [3.63, 3.8) is 0 Å². The van der Waals surface area contributed by atoms with Crippen LogP contribution in [0.15, 0.2) is 22.7 Å². The van der Waals surface area contributed by atoms with E-state index in [4.69, 9.17) is 15.2 Å². The molecule has 0 radical (unpaired) electrons. The molecule has 0 heterocycles. The standard InChI is InChI=1S/C11H17BrN2O2/c1-15-6-7-16-5-4-14-11-3-2-9(13)8-10(11)12/h2-3,8,14H,4-7,13H2,1H3. The van der Waals surface area contributed by atoms with Gasteiger partial charge in [-0.1, -0.05) is 0 Å². The highest BCUT2D eigenvalue weighted by molar-refractivity contribution is 9.10. The molecule has 4 nitrogen and oxygen atoms in total. The van der Waals surface area contributed by atoms with Crippen molar-refractivity contribution in [2.75, 3.05) is 44.5 Å². The molecular formula is C11H17BrN2O2. The average Bonchev–Trinajstić information content (AvgIpc) is 2.26. The maximum absolute atomic E-state index is 5.64. The summed E-state index contributed by atoms with van der Waals surface area (Å²) in [4.78, 5) is 0. The molecule has 1 aromatic rings. The first-order valence-corrected chi connectivity index (χ1v) is 5.89. The van der Waals surface area contributed by atoms with E-state index >= 15 is 0 Å². The van der Waals surface area contributed by atoms with Crippen molar-refractivity contribution in [2.45, 2.75) is 0 Å². The quantitative estimate of drug-likeness (QED) is 0.596. The zero-order chi connectivity index (χ0) is 11.8. The minimum absolute atomic E-state index is 0.626. The van der Waals surface area contributed by atoms with E-state index in [-0.39, 0.29) is 0 Å². The van der Waals surface area contributed by atoms with Gasteiger partial charge in [-0.3, -0.25) is 0 Å². The van der Waals surface area contributed by atoms with Gasteiger partial charge in [0.05, 0.1) is 19.8 Å². The Hall–Kier alpha value is -0.780. The number of halogens is 1. The molecule has 0 aliphatic heterocycles. The van der Waals surface area contributed by atoms with Crippen molar-refractivity contribution in [3.8, 4) is 0 Å². The Morgan fingerprint density at radius 1 is 1.31 bits per heavy atom. The van der Waals surface area contributed by atoms with E-state index in [0.717, 1.165) is 22.4 Å². The minimum Gasteiger partial charge on any atom is -0.399 e. The summed E-state index contributed by atoms with van der Waals surface area (Å²) in [5.41, 5.74) is 7.40. The number of ether oxygens (including phenoxy) is 2. The molecule has 1 rings (SSSR count). The summed E-state index contributed by atoms with van der Waals surface area (Å²) in [7, 11) is 1.66. The lowest BCUT2D eigenvalue weighted by Crippen LogP contribution is -2.12. The van der Waals surface area contributed by atoms with Gasteiger partial charge in [-0.15, -0.1) is 0 Å². The molecule has 0 atom stereocenters. The summed E-state index contributed by atoms with van der Waals surface area (Å²) >= 11 is 3.44. The summed E-state index contributed by atoms with van der Waals surface area (Å²) in [6.45, 7) is 2.67. The van der Waals surface area contributed by atoms with E-state index in [9.17, 15) is 0 Å². The summed E-state index contributed by atoms with van der Waals surface area (Å²) < 4.78 is 11.2. The Morgan fingerprint density at radius 3 is 2.81 bits per heavy atom.